The van der Waals surface area contributed by atoms with Gasteiger partial charge < -0.3 is 0 Å². The van der Waals surface area contributed by atoms with Crippen molar-refractivity contribution in [2.75, 3.05) is 0 Å². The average molecular weight is 289 g/mol. The molecule has 2 nitrogen and oxygen atoms in total. The Kier molecular flexibility index (Phi) is 3.59. The fraction of sp³-hybridized carbons (Fsp3) is 0.471. The molecule has 0 N–H and O–H groups in total. The summed E-state index contributed by atoms with van der Waals surface area (Å²) in [5.41, 5.74) is 6.02. The molecule has 3 heteroatoms. The Morgan fingerprint density at radius 3 is 2.25 bits per heavy atom. The van der Waals surface area contributed by atoms with Crippen LogP contribution >= 0.6 is 11.6 Å². The number of aryl methyl sites for hydroxylation is 3. The molecule has 2 aromatic rings. The molecule has 1 fully saturated rings. The van der Waals surface area contributed by atoms with Crippen molar-refractivity contribution >= 4 is 11.6 Å². The van der Waals surface area contributed by atoms with Crippen LogP contribution in [0.1, 0.15) is 54.0 Å². The number of hydrogen-bond donors (Lipinski definition) is 0. The third kappa shape index (κ3) is 2.37. The molecule has 106 valence electrons. The standard InChI is InChI=1S/C17H21ClN2/c1-11-8-12(2)17(13(3)9-11)20-16(18)10-15(19-20)14-6-4-5-7-14/h8-10,14H,4-7H2,1-3H3. The molecule has 20 heavy (non-hydrogen) atoms. The normalized spacial score (nSPS) is 16.0. The summed E-state index contributed by atoms with van der Waals surface area (Å²) in [5, 5.41) is 5.52. The molecule has 1 aromatic carbocycles. The number of halogens is 1. The summed E-state index contributed by atoms with van der Waals surface area (Å²) in [6.07, 6.45) is 5.13. The highest BCUT2D eigenvalue weighted by Gasteiger charge is 2.22. The van der Waals surface area contributed by atoms with Crippen LogP contribution in [0.3, 0.4) is 0 Å². The van der Waals surface area contributed by atoms with Crippen LogP contribution < -0.4 is 0 Å². The van der Waals surface area contributed by atoms with Gasteiger partial charge in [0.15, 0.2) is 0 Å². The summed E-state index contributed by atoms with van der Waals surface area (Å²) in [6, 6.07) is 6.43. The number of aromatic nitrogens is 2. The van der Waals surface area contributed by atoms with Crippen molar-refractivity contribution in [2.45, 2.75) is 52.4 Å². The van der Waals surface area contributed by atoms with Crippen LogP contribution in [0.15, 0.2) is 18.2 Å². The lowest BCUT2D eigenvalue weighted by Gasteiger charge is -2.12. The van der Waals surface area contributed by atoms with Gasteiger partial charge in [-0.1, -0.05) is 42.1 Å². The lowest BCUT2D eigenvalue weighted by molar-refractivity contribution is 0.677. The van der Waals surface area contributed by atoms with E-state index >= 15 is 0 Å². The first-order chi connectivity index (χ1) is 9.56. The van der Waals surface area contributed by atoms with E-state index in [-0.39, 0.29) is 0 Å². The molecule has 1 saturated carbocycles. The molecule has 0 atom stereocenters. The van der Waals surface area contributed by atoms with Gasteiger partial charge in [0.2, 0.25) is 0 Å². The zero-order valence-electron chi connectivity index (χ0n) is 12.4. The zero-order chi connectivity index (χ0) is 14.3. The third-order valence-corrected chi connectivity index (χ3v) is 4.57. The summed E-state index contributed by atoms with van der Waals surface area (Å²) >= 11 is 6.44. The number of benzene rings is 1. The second-order valence-corrected chi connectivity index (χ2v) is 6.42. The summed E-state index contributed by atoms with van der Waals surface area (Å²) in [6.45, 7) is 6.38. The molecule has 1 aliphatic rings. The van der Waals surface area contributed by atoms with E-state index in [1.807, 2.05) is 4.68 Å². The number of rotatable bonds is 2. The predicted octanol–water partition coefficient (Wildman–Crippen LogP) is 5.11. The first-order valence-electron chi connectivity index (χ1n) is 7.40. The molecule has 0 spiro atoms. The largest absolute Gasteiger partial charge is 0.221 e. The van der Waals surface area contributed by atoms with Crippen molar-refractivity contribution in [2.24, 2.45) is 0 Å². The molecule has 0 saturated heterocycles. The summed E-state index contributed by atoms with van der Waals surface area (Å²) in [7, 11) is 0. The van der Waals surface area contributed by atoms with Crippen LogP contribution in [0, 0.1) is 20.8 Å². The van der Waals surface area contributed by atoms with Crippen LogP contribution in [0.4, 0.5) is 0 Å². The summed E-state index contributed by atoms with van der Waals surface area (Å²) in [5.74, 6) is 0.597. The fourth-order valence-corrected chi connectivity index (χ4v) is 3.69. The Balaban J connectivity index is 2.06. The topological polar surface area (TPSA) is 17.8 Å². The second kappa shape index (κ2) is 5.25. The van der Waals surface area contributed by atoms with E-state index in [1.54, 1.807) is 0 Å². The zero-order valence-corrected chi connectivity index (χ0v) is 13.2. The van der Waals surface area contributed by atoms with Gasteiger partial charge in [-0.2, -0.15) is 5.10 Å². The van der Waals surface area contributed by atoms with Crippen LogP contribution in [0.2, 0.25) is 5.15 Å². The molecule has 0 bridgehead atoms. The van der Waals surface area contributed by atoms with Crippen LogP contribution in [0.25, 0.3) is 5.69 Å². The molecular weight excluding hydrogens is 268 g/mol. The van der Waals surface area contributed by atoms with E-state index in [2.05, 4.69) is 39.0 Å². The van der Waals surface area contributed by atoms with E-state index < -0.39 is 0 Å². The Labute approximate surface area is 125 Å². The summed E-state index contributed by atoms with van der Waals surface area (Å²) in [4.78, 5) is 0. The number of nitrogens with zero attached hydrogens (tertiary/aromatic N) is 2. The maximum absolute atomic E-state index is 6.44. The molecule has 3 rings (SSSR count). The monoisotopic (exact) mass is 288 g/mol. The minimum atomic E-state index is 0.597. The lowest BCUT2D eigenvalue weighted by Crippen LogP contribution is -2.04. The van der Waals surface area contributed by atoms with E-state index in [9.17, 15) is 0 Å². The quantitative estimate of drug-likeness (QED) is 0.751. The highest BCUT2D eigenvalue weighted by molar-refractivity contribution is 6.29. The van der Waals surface area contributed by atoms with Gasteiger partial charge in [0.25, 0.3) is 0 Å². The molecule has 0 amide bonds. The average Bonchev–Trinajstić information content (AvgIpc) is 2.98. The fourth-order valence-electron chi connectivity index (χ4n) is 3.46. The van der Waals surface area contributed by atoms with Gasteiger partial charge >= 0.3 is 0 Å². The van der Waals surface area contributed by atoms with Crippen molar-refractivity contribution in [3.63, 3.8) is 0 Å². The Bertz CT molecular complexity index is 613. The first-order valence-corrected chi connectivity index (χ1v) is 7.77. The highest BCUT2D eigenvalue weighted by atomic mass is 35.5. The molecule has 0 radical (unpaired) electrons. The van der Waals surface area contributed by atoms with E-state index in [0.29, 0.717) is 5.92 Å². The van der Waals surface area contributed by atoms with Crippen molar-refractivity contribution < 1.29 is 0 Å². The van der Waals surface area contributed by atoms with Crippen molar-refractivity contribution in [1.29, 1.82) is 0 Å². The Morgan fingerprint density at radius 1 is 1.05 bits per heavy atom. The molecule has 1 aromatic heterocycles. The van der Waals surface area contributed by atoms with Gasteiger partial charge in [0.1, 0.15) is 5.15 Å². The highest BCUT2D eigenvalue weighted by Crippen LogP contribution is 2.35. The smallest absolute Gasteiger partial charge is 0.133 e. The van der Waals surface area contributed by atoms with Crippen molar-refractivity contribution in [3.8, 4) is 5.69 Å². The van der Waals surface area contributed by atoms with Crippen LogP contribution in [0.5, 0.6) is 0 Å². The Morgan fingerprint density at radius 2 is 1.65 bits per heavy atom. The van der Waals surface area contributed by atoms with Crippen LogP contribution in [-0.2, 0) is 0 Å². The van der Waals surface area contributed by atoms with E-state index in [0.717, 1.165) is 16.5 Å². The van der Waals surface area contributed by atoms with Gasteiger partial charge in [-0.15, -0.1) is 0 Å². The van der Waals surface area contributed by atoms with Gasteiger partial charge in [-0.05, 0) is 50.8 Å². The van der Waals surface area contributed by atoms with E-state index in [1.165, 1.54) is 42.4 Å². The molecule has 0 unspecified atom stereocenters. The van der Waals surface area contributed by atoms with Gasteiger partial charge in [0.05, 0.1) is 11.4 Å². The molecular formula is C17H21ClN2. The molecule has 1 heterocycles. The van der Waals surface area contributed by atoms with Crippen molar-refractivity contribution in [3.05, 3.63) is 45.7 Å². The predicted molar refractivity (Wildman–Crippen MR) is 84.0 cm³/mol. The number of hydrogen-bond acceptors (Lipinski definition) is 1. The van der Waals surface area contributed by atoms with E-state index in [4.69, 9.17) is 16.7 Å². The van der Waals surface area contributed by atoms with Gasteiger partial charge in [-0.25, -0.2) is 4.68 Å². The summed E-state index contributed by atoms with van der Waals surface area (Å²) < 4.78 is 1.92. The Hall–Kier alpha value is -1.28. The lowest BCUT2D eigenvalue weighted by atomic mass is 10.1. The second-order valence-electron chi connectivity index (χ2n) is 6.03. The minimum absolute atomic E-state index is 0.597. The maximum atomic E-state index is 6.44. The third-order valence-electron chi connectivity index (χ3n) is 4.31. The van der Waals surface area contributed by atoms with Crippen molar-refractivity contribution in [1.82, 2.24) is 9.78 Å². The van der Waals surface area contributed by atoms with Gasteiger partial charge in [-0.3, -0.25) is 0 Å². The molecule has 0 aliphatic heterocycles. The molecule has 1 aliphatic carbocycles. The van der Waals surface area contributed by atoms with Crippen LogP contribution in [-0.4, -0.2) is 9.78 Å². The maximum Gasteiger partial charge on any atom is 0.133 e. The first kappa shape index (κ1) is 13.7. The van der Waals surface area contributed by atoms with Gasteiger partial charge in [0, 0.05) is 5.92 Å². The SMILES string of the molecule is Cc1cc(C)c(-n2nc(C3CCCC3)cc2Cl)c(C)c1. The minimum Gasteiger partial charge on any atom is -0.221 e.